The summed E-state index contributed by atoms with van der Waals surface area (Å²) in [5.74, 6) is 0.997. The Labute approximate surface area is 136 Å². The van der Waals surface area contributed by atoms with Gasteiger partial charge in [0.25, 0.3) is 10.0 Å². The Morgan fingerprint density at radius 3 is 2.33 bits per heavy atom. The maximum atomic E-state index is 12.3. The van der Waals surface area contributed by atoms with Crippen molar-refractivity contribution in [1.82, 2.24) is 0 Å². The Morgan fingerprint density at radius 1 is 1.14 bits per heavy atom. The van der Waals surface area contributed by atoms with E-state index < -0.39 is 10.0 Å². The van der Waals surface area contributed by atoms with Crippen LogP contribution < -0.4 is 14.2 Å². The molecule has 1 N–H and O–H groups in total. The van der Waals surface area contributed by atoms with Gasteiger partial charge in [0.2, 0.25) is 0 Å². The summed E-state index contributed by atoms with van der Waals surface area (Å²) in [5.41, 5.74) is 1.29. The lowest BCUT2D eigenvalue weighted by Crippen LogP contribution is -2.11. The predicted octanol–water partition coefficient (Wildman–Crippen LogP) is 3.64. The lowest BCUT2D eigenvalue weighted by molar-refractivity contribution is 0.355. The van der Waals surface area contributed by atoms with Gasteiger partial charge >= 0.3 is 0 Å². The summed E-state index contributed by atoms with van der Waals surface area (Å²) < 4.78 is 38.5. The minimum atomic E-state index is -3.62. The summed E-state index contributed by atoms with van der Waals surface area (Å²) in [6, 6.07) is 6.46. The molecule has 21 heavy (non-hydrogen) atoms. The van der Waals surface area contributed by atoms with E-state index in [1.165, 1.54) is 25.6 Å². The van der Waals surface area contributed by atoms with Crippen molar-refractivity contribution < 1.29 is 17.9 Å². The van der Waals surface area contributed by atoms with Gasteiger partial charge in [0.05, 0.1) is 23.7 Å². The van der Waals surface area contributed by atoms with Crippen LogP contribution in [0.5, 0.6) is 11.5 Å². The highest BCUT2D eigenvalue weighted by molar-refractivity contribution is 9.11. The smallest absolute Gasteiger partial charge is 0.271 e. The normalized spacial score (nSPS) is 11.2. The van der Waals surface area contributed by atoms with Crippen LogP contribution in [0, 0.1) is 6.92 Å². The van der Waals surface area contributed by atoms with Crippen molar-refractivity contribution in [3.05, 3.63) is 33.6 Å². The second kappa shape index (κ2) is 6.25. The van der Waals surface area contributed by atoms with Gasteiger partial charge in [-0.2, -0.15) is 0 Å². The Bertz CT molecular complexity index is 736. The molecule has 5 nitrogen and oxygen atoms in total. The number of halogens is 1. The molecule has 114 valence electrons. The van der Waals surface area contributed by atoms with Crippen LogP contribution in [0.3, 0.4) is 0 Å². The highest BCUT2D eigenvalue weighted by Crippen LogP contribution is 2.33. The highest BCUT2D eigenvalue weighted by atomic mass is 79.9. The van der Waals surface area contributed by atoms with E-state index in [1.807, 2.05) is 6.92 Å². The maximum Gasteiger partial charge on any atom is 0.271 e. The SMILES string of the molecule is COc1ccc(NS(=O)(=O)c2cc(C)c(Br)s2)cc1OC. The Balaban J connectivity index is 2.32. The van der Waals surface area contributed by atoms with E-state index >= 15 is 0 Å². The van der Waals surface area contributed by atoms with Gasteiger partial charge in [0.1, 0.15) is 4.21 Å². The number of methoxy groups -OCH3 is 2. The molecule has 1 heterocycles. The van der Waals surface area contributed by atoms with Crippen molar-refractivity contribution in [2.75, 3.05) is 18.9 Å². The summed E-state index contributed by atoms with van der Waals surface area (Å²) in [6.45, 7) is 1.84. The number of nitrogens with one attached hydrogen (secondary N) is 1. The zero-order chi connectivity index (χ0) is 15.6. The van der Waals surface area contributed by atoms with Crippen LogP contribution in [-0.2, 0) is 10.0 Å². The van der Waals surface area contributed by atoms with Gasteiger partial charge in [0, 0.05) is 6.07 Å². The van der Waals surface area contributed by atoms with E-state index in [4.69, 9.17) is 9.47 Å². The predicted molar refractivity (Wildman–Crippen MR) is 87.1 cm³/mol. The summed E-state index contributed by atoms with van der Waals surface area (Å²) >= 11 is 4.49. The largest absolute Gasteiger partial charge is 0.493 e. The molecule has 2 aromatic rings. The molecule has 2 rings (SSSR count). The van der Waals surface area contributed by atoms with E-state index in [0.717, 1.165) is 9.35 Å². The van der Waals surface area contributed by atoms with Crippen LogP contribution in [0.15, 0.2) is 32.3 Å². The third-order valence-corrected chi connectivity index (χ3v) is 6.73. The molecule has 0 aliphatic carbocycles. The minimum Gasteiger partial charge on any atom is -0.493 e. The monoisotopic (exact) mass is 391 g/mol. The second-order valence-electron chi connectivity index (χ2n) is 4.20. The van der Waals surface area contributed by atoms with Gasteiger partial charge in [0.15, 0.2) is 11.5 Å². The number of rotatable bonds is 5. The molecule has 0 aliphatic heterocycles. The van der Waals surface area contributed by atoms with E-state index in [2.05, 4.69) is 20.7 Å². The molecule has 0 atom stereocenters. The molecule has 0 radical (unpaired) electrons. The minimum absolute atomic E-state index is 0.252. The quantitative estimate of drug-likeness (QED) is 0.844. The van der Waals surface area contributed by atoms with Crippen molar-refractivity contribution in [1.29, 1.82) is 0 Å². The fourth-order valence-electron chi connectivity index (χ4n) is 1.67. The third-order valence-electron chi connectivity index (χ3n) is 2.74. The van der Waals surface area contributed by atoms with E-state index in [0.29, 0.717) is 17.2 Å². The maximum absolute atomic E-state index is 12.3. The van der Waals surface area contributed by atoms with Crippen LogP contribution >= 0.6 is 27.3 Å². The first kappa shape index (κ1) is 16.1. The van der Waals surface area contributed by atoms with Crippen LogP contribution in [0.25, 0.3) is 0 Å². The van der Waals surface area contributed by atoms with Gasteiger partial charge in [-0.05, 0) is 46.6 Å². The van der Waals surface area contributed by atoms with Gasteiger partial charge < -0.3 is 9.47 Å². The molecule has 8 heteroatoms. The molecular formula is C13H14BrNO4S2. The van der Waals surface area contributed by atoms with E-state index in [-0.39, 0.29) is 4.21 Å². The highest BCUT2D eigenvalue weighted by Gasteiger charge is 2.19. The number of hydrogen-bond donors (Lipinski definition) is 1. The van der Waals surface area contributed by atoms with Crippen molar-refractivity contribution >= 4 is 43.0 Å². The summed E-state index contributed by atoms with van der Waals surface area (Å²) in [7, 11) is -0.600. The molecular weight excluding hydrogens is 378 g/mol. The molecule has 1 aromatic carbocycles. The molecule has 0 aliphatic rings. The van der Waals surface area contributed by atoms with Gasteiger partial charge in [-0.1, -0.05) is 0 Å². The number of aryl methyl sites for hydroxylation is 1. The third kappa shape index (κ3) is 3.50. The van der Waals surface area contributed by atoms with Crippen LogP contribution in [0.4, 0.5) is 5.69 Å². The fourth-order valence-corrected chi connectivity index (χ4v) is 4.94. The summed E-state index contributed by atoms with van der Waals surface area (Å²) in [4.78, 5) is 0. The first-order valence-corrected chi connectivity index (χ1v) is 8.97. The van der Waals surface area contributed by atoms with Crippen LogP contribution in [0.2, 0.25) is 0 Å². The lowest BCUT2D eigenvalue weighted by Gasteiger charge is -2.11. The number of anilines is 1. The number of thiophene rings is 1. The van der Waals surface area contributed by atoms with Crippen molar-refractivity contribution in [2.24, 2.45) is 0 Å². The van der Waals surface area contributed by atoms with Crippen LogP contribution in [-0.4, -0.2) is 22.6 Å². The zero-order valence-corrected chi connectivity index (χ0v) is 14.9. The topological polar surface area (TPSA) is 64.6 Å². The van der Waals surface area contributed by atoms with Crippen molar-refractivity contribution in [3.8, 4) is 11.5 Å². The molecule has 0 amide bonds. The van der Waals surface area contributed by atoms with E-state index in [1.54, 1.807) is 24.3 Å². The average molecular weight is 392 g/mol. The standard InChI is InChI=1S/C13H14BrNO4S2/c1-8-6-12(20-13(8)14)21(16,17)15-9-4-5-10(18-2)11(7-9)19-3/h4-7,15H,1-3H3. The number of sulfonamides is 1. The molecule has 0 fully saturated rings. The van der Waals surface area contributed by atoms with Crippen molar-refractivity contribution in [2.45, 2.75) is 11.1 Å². The zero-order valence-electron chi connectivity index (χ0n) is 11.6. The lowest BCUT2D eigenvalue weighted by atomic mass is 10.3. The Kier molecular flexibility index (Phi) is 4.80. The fraction of sp³-hybridized carbons (Fsp3) is 0.231. The first-order chi connectivity index (χ1) is 9.87. The van der Waals surface area contributed by atoms with Gasteiger partial charge in [-0.15, -0.1) is 11.3 Å². The van der Waals surface area contributed by atoms with Gasteiger partial charge in [-0.3, -0.25) is 4.72 Å². The average Bonchev–Trinajstić information content (AvgIpc) is 2.79. The number of benzene rings is 1. The molecule has 0 spiro atoms. The Morgan fingerprint density at radius 2 is 1.81 bits per heavy atom. The second-order valence-corrected chi connectivity index (χ2v) is 8.48. The summed E-state index contributed by atoms with van der Waals surface area (Å²) in [5, 5.41) is 0. The number of hydrogen-bond acceptors (Lipinski definition) is 5. The first-order valence-electron chi connectivity index (χ1n) is 5.88. The van der Waals surface area contributed by atoms with Gasteiger partial charge in [-0.25, -0.2) is 8.42 Å². The molecule has 0 saturated heterocycles. The Hall–Kier alpha value is -1.25. The molecule has 0 bridgehead atoms. The molecule has 0 unspecified atom stereocenters. The van der Waals surface area contributed by atoms with Crippen molar-refractivity contribution in [3.63, 3.8) is 0 Å². The summed E-state index contributed by atoms with van der Waals surface area (Å²) in [6.07, 6.45) is 0. The molecule has 0 saturated carbocycles. The van der Waals surface area contributed by atoms with Crippen LogP contribution in [0.1, 0.15) is 5.56 Å². The van der Waals surface area contributed by atoms with E-state index in [9.17, 15) is 8.42 Å². The molecule has 1 aromatic heterocycles. The number of ether oxygens (including phenoxy) is 2.